The zero-order chi connectivity index (χ0) is 16.4. The molecule has 7 nitrogen and oxygen atoms in total. The highest BCUT2D eigenvalue weighted by Gasteiger charge is 2.28. The van der Waals surface area contributed by atoms with Gasteiger partial charge in [-0.05, 0) is 19.1 Å². The van der Waals surface area contributed by atoms with Crippen molar-refractivity contribution in [3.63, 3.8) is 0 Å². The van der Waals surface area contributed by atoms with Crippen molar-refractivity contribution in [2.75, 3.05) is 7.11 Å². The van der Waals surface area contributed by atoms with Crippen LogP contribution >= 0.6 is 11.6 Å². The largest absolute Gasteiger partial charge is 0.478 e. The second-order valence-electron chi connectivity index (χ2n) is 3.94. The van der Waals surface area contributed by atoms with Crippen molar-refractivity contribution in [2.24, 2.45) is 0 Å². The lowest BCUT2D eigenvalue weighted by molar-refractivity contribution is -0.142. The predicted octanol–water partition coefficient (Wildman–Crippen LogP) is 1.02. The molecule has 10 heteroatoms. The Morgan fingerprint density at radius 2 is 2.00 bits per heavy atom. The summed E-state index contributed by atoms with van der Waals surface area (Å²) in [6, 6.07) is 0.240. The lowest BCUT2D eigenvalue weighted by atomic mass is 10.2. The van der Waals surface area contributed by atoms with Gasteiger partial charge in [0.05, 0.1) is 12.7 Å². The summed E-state index contributed by atoms with van der Waals surface area (Å²) in [5.41, 5.74) is -0.895. The normalized spacial score (nSPS) is 12.8. The minimum Gasteiger partial charge on any atom is -0.478 e. The number of benzene rings is 1. The summed E-state index contributed by atoms with van der Waals surface area (Å²) >= 11 is 5.58. The first-order valence-corrected chi connectivity index (χ1v) is 7.28. The molecule has 0 radical (unpaired) electrons. The first-order valence-electron chi connectivity index (χ1n) is 5.42. The average Bonchev–Trinajstić information content (AvgIpc) is 2.38. The Hall–Kier alpha value is -1.71. The van der Waals surface area contributed by atoms with Crippen LogP contribution in [-0.4, -0.2) is 38.6 Å². The molecule has 21 heavy (non-hydrogen) atoms. The number of nitrogens with one attached hydrogen (secondary N) is 1. The molecule has 0 aliphatic carbocycles. The maximum atomic E-state index is 14.0. The standard InChI is InChI=1S/C11H11ClFNO6S/c1-5(11(17)20-2)14-21(18,19)8-4-6(12)3-7(9(8)13)10(15)16/h3-5,14H,1-2H3,(H,15,16). The van der Waals surface area contributed by atoms with Gasteiger partial charge in [0.15, 0.2) is 5.82 Å². The van der Waals surface area contributed by atoms with Gasteiger partial charge in [-0.3, -0.25) is 4.79 Å². The molecule has 0 fully saturated rings. The molecule has 0 amide bonds. The van der Waals surface area contributed by atoms with E-state index in [1.807, 2.05) is 4.72 Å². The quantitative estimate of drug-likeness (QED) is 0.775. The number of carboxylic acid groups (broad SMARTS) is 1. The highest BCUT2D eigenvalue weighted by molar-refractivity contribution is 7.89. The molecule has 0 saturated carbocycles. The third kappa shape index (κ3) is 3.90. The van der Waals surface area contributed by atoms with E-state index in [-0.39, 0.29) is 5.02 Å². The Morgan fingerprint density at radius 3 is 2.48 bits per heavy atom. The van der Waals surface area contributed by atoms with Crippen LogP contribution in [0.4, 0.5) is 4.39 Å². The van der Waals surface area contributed by atoms with E-state index in [0.29, 0.717) is 0 Å². The number of hydrogen-bond acceptors (Lipinski definition) is 5. The molecule has 0 aliphatic heterocycles. The molecule has 2 N–H and O–H groups in total. The van der Waals surface area contributed by atoms with Crippen molar-refractivity contribution in [1.82, 2.24) is 4.72 Å². The number of aromatic carboxylic acids is 1. The van der Waals surface area contributed by atoms with Crippen LogP contribution in [0.3, 0.4) is 0 Å². The maximum absolute atomic E-state index is 14.0. The van der Waals surface area contributed by atoms with Gasteiger partial charge in [-0.15, -0.1) is 0 Å². The van der Waals surface area contributed by atoms with Gasteiger partial charge in [0, 0.05) is 5.02 Å². The monoisotopic (exact) mass is 339 g/mol. The number of carboxylic acids is 1. The van der Waals surface area contributed by atoms with Crippen LogP contribution in [-0.2, 0) is 19.6 Å². The van der Waals surface area contributed by atoms with Crippen molar-refractivity contribution < 1.29 is 32.2 Å². The number of hydrogen-bond donors (Lipinski definition) is 2. The van der Waals surface area contributed by atoms with Crippen LogP contribution in [0.1, 0.15) is 17.3 Å². The van der Waals surface area contributed by atoms with Gasteiger partial charge in [-0.25, -0.2) is 17.6 Å². The molecule has 1 atom stereocenters. The average molecular weight is 340 g/mol. The molecule has 0 spiro atoms. The smallest absolute Gasteiger partial charge is 0.338 e. The van der Waals surface area contributed by atoms with Crippen LogP contribution < -0.4 is 4.72 Å². The molecule has 1 aromatic rings. The number of rotatable bonds is 5. The number of carbonyl (C=O) groups excluding carboxylic acids is 1. The number of halogens is 2. The summed E-state index contributed by atoms with van der Waals surface area (Å²) in [6.45, 7) is 1.18. The van der Waals surface area contributed by atoms with Gasteiger partial charge in [0.2, 0.25) is 10.0 Å². The van der Waals surface area contributed by atoms with Gasteiger partial charge in [-0.2, -0.15) is 4.72 Å². The molecule has 0 heterocycles. The molecule has 0 aliphatic rings. The van der Waals surface area contributed by atoms with Crippen molar-refractivity contribution >= 4 is 33.6 Å². The number of esters is 1. The predicted molar refractivity (Wildman–Crippen MR) is 70.2 cm³/mol. The van der Waals surface area contributed by atoms with Crippen LogP contribution in [0.15, 0.2) is 17.0 Å². The van der Waals surface area contributed by atoms with Gasteiger partial charge in [0.25, 0.3) is 0 Å². The maximum Gasteiger partial charge on any atom is 0.338 e. The van der Waals surface area contributed by atoms with Crippen molar-refractivity contribution in [1.29, 1.82) is 0 Å². The lowest BCUT2D eigenvalue weighted by Crippen LogP contribution is -2.39. The van der Waals surface area contributed by atoms with E-state index in [4.69, 9.17) is 16.7 Å². The summed E-state index contributed by atoms with van der Waals surface area (Å²) in [5, 5.41) is 8.52. The summed E-state index contributed by atoms with van der Waals surface area (Å²) < 4.78 is 44.2. The van der Waals surface area contributed by atoms with Crippen molar-refractivity contribution in [3.05, 3.63) is 28.5 Å². The molecule has 1 unspecified atom stereocenters. The van der Waals surface area contributed by atoms with E-state index in [1.165, 1.54) is 6.92 Å². The van der Waals surface area contributed by atoms with E-state index in [0.717, 1.165) is 19.2 Å². The zero-order valence-electron chi connectivity index (χ0n) is 10.9. The van der Waals surface area contributed by atoms with E-state index in [2.05, 4.69) is 4.74 Å². The zero-order valence-corrected chi connectivity index (χ0v) is 12.5. The fourth-order valence-electron chi connectivity index (χ4n) is 1.44. The summed E-state index contributed by atoms with van der Waals surface area (Å²) in [6.07, 6.45) is 0. The van der Waals surface area contributed by atoms with Gasteiger partial charge in [0.1, 0.15) is 10.9 Å². The first kappa shape index (κ1) is 17.3. The van der Waals surface area contributed by atoms with Crippen LogP contribution in [0.25, 0.3) is 0 Å². The molecule has 0 bridgehead atoms. The molecule has 0 saturated heterocycles. The molecule has 116 valence electrons. The van der Waals surface area contributed by atoms with E-state index < -0.39 is 44.3 Å². The summed E-state index contributed by atoms with van der Waals surface area (Å²) in [5.74, 6) is -4.04. The fourth-order valence-corrected chi connectivity index (χ4v) is 3.04. The van der Waals surface area contributed by atoms with Gasteiger partial charge < -0.3 is 9.84 Å². The Kier molecular flexibility index (Phi) is 5.26. The minimum atomic E-state index is -4.50. The molecule has 0 aromatic heterocycles. The van der Waals surface area contributed by atoms with Gasteiger partial charge >= 0.3 is 11.9 Å². The number of methoxy groups -OCH3 is 1. The Labute approximate surface area is 124 Å². The van der Waals surface area contributed by atoms with E-state index >= 15 is 0 Å². The number of sulfonamides is 1. The highest BCUT2D eigenvalue weighted by atomic mass is 35.5. The molecule has 1 rings (SSSR count). The Morgan fingerprint density at radius 1 is 1.43 bits per heavy atom. The Balaban J connectivity index is 3.32. The number of carbonyl (C=O) groups is 2. The van der Waals surface area contributed by atoms with Crippen LogP contribution in [0.5, 0.6) is 0 Å². The van der Waals surface area contributed by atoms with E-state index in [1.54, 1.807) is 0 Å². The lowest BCUT2D eigenvalue weighted by Gasteiger charge is -2.13. The second kappa shape index (κ2) is 6.37. The molecular weight excluding hydrogens is 329 g/mol. The topological polar surface area (TPSA) is 110 Å². The molecular formula is C11H11ClFNO6S. The van der Waals surface area contributed by atoms with Crippen LogP contribution in [0.2, 0.25) is 5.02 Å². The number of ether oxygens (including phenoxy) is 1. The Bertz CT molecular complexity index is 690. The SMILES string of the molecule is COC(=O)C(C)NS(=O)(=O)c1cc(Cl)cc(C(=O)O)c1F. The van der Waals surface area contributed by atoms with Crippen molar-refractivity contribution in [3.8, 4) is 0 Å². The fraction of sp³-hybridized carbons (Fsp3) is 0.273. The minimum absolute atomic E-state index is 0.278. The summed E-state index contributed by atoms with van der Waals surface area (Å²) in [4.78, 5) is 21.1. The highest BCUT2D eigenvalue weighted by Crippen LogP contribution is 2.24. The van der Waals surface area contributed by atoms with Crippen LogP contribution in [0, 0.1) is 5.82 Å². The summed E-state index contributed by atoms with van der Waals surface area (Å²) in [7, 11) is -3.45. The molecule has 1 aromatic carbocycles. The second-order valence-corrected chi connectivity index (χ2v) is 6.06. The third-order valence-corrected chi connectivity index (χ3v) is 4.17. The van der Waals surface area contributed by atoms with Crippen molar-refractivity contribution in [2.45, 2.75) is 17.9 Å². The van der Waals surface area contributed by atoms with E-state index in [9.17, 15) is 22.4 Å². The van der Waals surface area contributed by atoms with Gasteiger partial charge in [-0.1, -0.05) is 11.6 Å². The third-order valence-electron chi connectivity index (χ3n) is 2.41. The first-order chi connectivity index (χ1) is 9.60.